The van der Waals surface area contributed by atoms with Crippen LogP contribution in [0.5, 0.6) is 0 Å². The first kappa shape index (κ1) is 17.6. The molecule has 0 unspecified atom stereocenters. The molecular weight excluding hydrogens is 314 g/mol. The molecule has 1 saturated carbocycles. The summed E-state index contributed by atoms with van der Waals surface area (Å²) in [5, 5.41) is 11.6. The van der Waals surface area contributed by atoms with E-state index in [1.165, 1.54) is 12.8 Å². The predicted molar refractivity (Wildman–Crippen MR) is 97.4 cm³/mol. The van der Waals surface area contributed by atoms with Gasteiger partial charge in [0.25, 0.3) is 0 Å². The van der Waals surface area contributed by atoms with Gasteiger partial charge < -0.3 is 9.88 Å². The van der Waals surface area contributed by atoms with E-state index in [0.717, 1.165) is 30.1 Å². The van der Waals surface area contributed by atoms with Crippen LogP contribution in [0.15, 0.2) is 18.3 Å². The minimum atomic E-state index is -0.0316. The van der Waals surface area contributed by atoms with E-state index in [0.29, 0.717) is 30.6 Å². The predicted octanol–water partition coefficient (Wildman–Crippen LogP) is 3.48. The van der Waals surface area contributed by atoms with E-state index in [9.17, 15) is 4.79 Å². The Balaban J connectivity index is 1.61. The van der Waals surface area contributed by atoms with Crippen LogP contribution in [0, 0.1) is 12.8 Å². The van der Waals surface area contributed by atoms with Crippen LogP contribution in [0.3, 0.4) is 0 Å². The van der Waals surface area contributed by atoms with Crippen LogP contribution < -0.4 is 5.32 Å². The molecule has 0 spiro atoms. The Morgan fingerprint density at radius 3 is 2.64 bits per heavy atom. The second-order valence-corrected chi connectivity index (χ2v) is 7.28. The maximum absolute atomic E-state index is 12.2. The van der Waals surface area contributed by atoms with Gasteiger partial charge in [-0.3, -0.25) is 4.79 Å². The van der Waals surface area contributed by atoms with Crippen LogP contribution >= 0.6 is 0 Å². The van der Waals surface area contributed by atoms with Gasteiger partial charge in [0.2, 0.25) is 5.91 Å². The molecule has 0 aliphatic heterocycles. The minimum absolute atomic E-state index is 0.0316. The van der Waals surface area contributed by atoms with Crippen molar-refractivity contribution in [3.63, 3.8) is 0 Å². The lowest BCUT2D eigenvalue weighted by atomic mass is 10.1. The second-order valence-electron chi connectivity index (χ2n) is 7.28. The van der Waals surface area contributed by atoms with Crippen LogP contribution in [0.4, 0.5) is 5.82 Å². The number of hydrogen-bond donors (Lipinski definition) is 1. The Hall–Kier alpha value is -2.24. The van der Waals surface area contributed by atoms with Gasteiger partial charge in [-0.2, -0.15) is 0 Å². The number of pyridine rings is 1. The number of rotatable bonds is 8. The summed E-state index contributed by atoms with van der Waals surface area (Å²) in [5.41, 5.74) is 0.966. The van der Waals surface area contributed by atoms with Gasteiger partial charge in [-0.15, -0.1) is 10.2 Å². The molecule has 2 aromatic rings. The Labute approximate surface area is 149 Å². The zero-order chi connectivity index (χ0) is 17.8. The number of amides is 1. The van der Waals surface area contributed by atoms with Gasteiger partial charge in [0.15, 0.2) is 0 Å². The molecule has 0 radical (unpaired) electrons. The Kier molecular flexibility index (Phi) is 5.46. The lowest BCUT2D eigenvalue weighted by molar-refractivity contribution is -0.116. The van der Waals surface area contributed by atoms with Crippen molar-refractivity contribution in [3.05, 3.63) is 35.5 Å². The minimum Gasteiger partial charge on any atom is -0.312 e. The fourth-order valence-electron chi connectivity index (χ4n) is 2.91. The zero-order valence-corrected chi connectivity index (χ0v) is 15.3. The summed E-state index contributed by atoms with van der Waals surface area (Å²) in [5.74, 6) is 3.27. The summed E-state index contributed by atoms with van der Waals surface area (Å²) in [6.07, 6.45) is 7.16. The van der Waals surface area contributed by atoms with E-state index in [1.807, 2.05) is 19.1 Å². The zero-order valence-electron chi connectivity index (χ0n) is 15.3. The van der Waals surface area contributed by atoms with E-state index >= 15 is 0 Å². The quantitative estimate of drug-likeness (QED) is 0.798. The van der Waals surface area contributed by atoms with E-state index in [1.54, 1.807) is 6.20 Å². The molecule has 134 valence electrons. The normalized spacial score (nSPS) is 14.1. The van der Waals surface area contributed by atoms with Gasteiger partial charge in [-0.25, -0.2) is 4.98 Å². The lowest BCUT2D eigenvalue weighted by Gasteiger charge is -2.10. The number of nitrogens with zero attached hydrogens (tertiary/aromatic N) is 4. The Morgan fingerprint density at radius 1 is 1.28 bits per heavy atom. The fourth-order valence-corrected chi connectivity index (χ4v) is 2.91. The maximum Gasteiger partial charge on any atom is 0.225 e. The molecule has 0 saturated heterocycles. The van der Waals surface area contributed by atoms with Gasteiger partial charge >= 0.3 is 0 Å². The van der Waals surface area contributed by atoms with Gasteiger partial charge in [0, 0.05) is 31.5 Å². The third kappa shape index (κ3) is 4.65. The van der Waals surface area contributed by atoms with Gasteiger partial charge in [-0.1, -0.05) is 19.9 Å². The van der Waals surface area contributed by atoms with Crippen molar-refractivity contribution in [1.82, 2.24) is 19.7 Å². The highest BCUT2D eigenvalue weighted by molar-refractivity contribution is 5.90. The highest BCUT2D eigenvalue weighted by atomic mass is 16.1. The van der Waals surface area contributed by atoms with E-state index < -0.39 is 0 Å². The van der Waals surface area contributed by atoms with E-state index in [-0.39, 0.29) is 5.91 Å². The number of aromatic nitrogens is 4. The summed E-state index contributed by atoms with van der Waals surface area (Å²) in [7, 11) is 0. The summed E-state index contributed by atoms with van der Waals surface area (Å²) in [6.45, 7) is 6.39. The third-order valence-corrected chi connectivity index (χ3v) is 4.54. The maximum atomic E-state index is 12.2. The lowest BCUT2D eigenvalue weighted by Crippen LogP contribution is -2.16. The molecule has 2 heterocycles. The Bertz CT molecular complexity index is 733. The Morgan fingerprint density at radius 2 is 2.00 bits per heavy atom. The number of nitrogens with one attached hydrogen (secondary N) is 1. The molecule has 2 aromatic heterocycles. The topological polar surface area (TPSA) is 72.7 Å². The molecule has 6 heteroatoms. The van der Waals surface area contributed by atoms with Crippen molar-refractivity contribution >= 4 is 11.7 Å². The largest absolute Gasteiger partial charge is 0.312 e. The molecule has 1 fully saturated rings. The summed E-state index contributed by atoms with van der Waals surface area (Å²) in [4.78, 5) is 16.5. The standard InChI is InChI=1S/C19H27N5O/c1-13(2)6-9-16-22-23-17(24(16)15-7-8-15)10-11-18(25)21-19-14(3)5-4-12-20-19/h4-5,12-13,15H,6-11H2,1-3H3,(H,20,21,25). The molecule has 1 amide bonds. The number of anilines is 1. The van der Waals surface area contributed by atoms with Crippen molar-refractivity contribution < 1.29 is 4.79 Å². The number of carbonyl (C=O) groups excluding carboxylic acids is 1. The summed E-state index contributed by atoms with van der Waals surface area (Å²) in [6, 6.07) is 4.34. The molecule has 1 aliphatic rings. The molecular formula is C19H27N5O. The smallest absolute Gasteiger partial charge is 0.225 e. The molecule has 1 N–H and O–H groups in total. The van der Waals surface area contributed by atoms with Crippen LogP contribution in [0.1, 0.15) is 62.8 Å². The first-order valence-electron chi connectivity index (χ1n) is 9.18. The van der Waals surface area contributed by atoms with Crippen molar-refractivity contribution in [2.75, 3.05) is 5.32 Å². The van der Waals surface area contributed by atoms with Gasteiger partial charge in [-0.05, 0) is 43.7 Å². The number of carbonyl (C=O) groups is 1. The average Bonchev–Trinajstić information content (AvgIpc) is 3.33. The SMILES string of the molecule is Cc1cccnc1NC(=O)CCc1nnc(CCC(C)C)n1C1CC1. The monoisotopic (exact) mass is 341 g/mol. The summed E-state index contributed by atoms with van der Waals surface area (Å²) >= 11 is 0. The van der Waals surface area contributed by atoms with Crippen molar-refractivity contribution in [3.8, 4) is 0 Å². The average molecular weight is 341 g/mol. The number of hydrogen-bond acceptors (Lipinski definition) is 4. The molecule has 1 aliphatic carbocycles. The van der Waals surface area contributed by atoms with Gasteiger partial charge in [0.1, 0.15) is 17.5 Å². The van der Waals surface area contributed by atoms with Crippen molar-refractivity contribution in [1.29, 1.82) is 0 Å². The summed E-state index contributed by atoms with van der Waals surface area (Å²) < 4.78 is 2.28. The van der Waals surface area contributed by atoms with Crippen LogP contribution in [-0.4, -0.2) is 25.7 Å². The molecule has 25 heavy (non-hydrogen) atoms. The van der Waals surface area contributed by atoms with Crippen LogP contribution in [-0.2, 0) is 17.6 Å². The fraction of sp³-hybridized carbons (Fsp3) is 0.579. The second kappa shape index (κ2) is 7.76. The first-order valence-corrected chi connectivity index (χ1v) is 9.18. The number of aryl methyl sites for hydroxylation is 3. The highest BCUT2D eigenvalue weighted by Gasteiger charge is 2.29. The van der Waals surface area contributed by atoms with Crippen LogP contribution in [0.2, 0.25) is 0 Å². The van der Waals surface area contributed by atoms with Gasteiger partial charge in [0.05, 0.1) is 0 Å². The van der Waals surface area contributed by atoms with Crippen molar-refractivity contribution in [2.45, 2.75) is 65.3 Å². The highest BCUT2D eigenvalue weighted by Crippen LogP contribution is 2.37. The molecule has 3 rings (SSSR count). The first-order chi connectivity index (χ1) is 12.0. The van der Waals surface area contributed by atoms with Crippen molar-refractivity contribution in [2.24, 2.45) is 5.92 Å². The van der Waals surface area contributed by atoms with Crippen LogP contribution in [0.25, 0.3) is 0 Å². The molecule has 0 bridgehead atoms. The van der Waals surface area contributed by atoms with E-state index in [2.05, 4.69) is 38.9 Å². The molecule has 0 atom stereocenters. The van der Waals surface area contributed by atoms with E-state index in [4.69, 9.17) is 0 Å². The molecule has 6 nitrogen and oxygen atoms in total. The molecule has 0 aromatic carbocycles. The third-order valence-electron chi connectivity index (χ3n) is 4.54.